The van der Waals surface area contributed by atoms with Crippen LogP contribution in [-0.2, 0) is 28.6 Å². The highest BCUT2D eigenvalue weighted by Gasteiger charge is 2.19. The normalized spacial score (nSPS) is 12.5. The zero-order chi connectivity index (χ0) is 55.0. The average Bonchev–Trinajstić information content (AvgIpc) is 3.42. The van der Waals surface area contributed by atoms with E-state index in [1.807, 2.05) is 0 Å². The van der Waals surface area contributed by atoms with Gasteiger partial charge in [0.15, 0.2) is 6.10 Å². The van der Waals surface area contributed by atoms with Crippen molar-refractivity contribution in [2.75, 3.05) is 13.2 Å². The molecule has 1 unspecified atom stereocenters. The third-order valence-corrected chi connectivity index (χ3v) is 14.5. The SMILES string of the molecule is CC/C=C\C/C=C\C/C=C\C/C=C\C/C=C\C/C=C\CCCCCCC(=O)OC(COC(=O)CCCCCCCCCCC)COC(=O)CCCCCCCCCCCCCCCCCCCCCCCCCCCC. The van der Waals surface area contributed by atoms with Crippen molar-refractivity contribution in [1.82, 2.24) is 0 Å². The van der Waals surface area contributed by atoms with Gasteiger partial charge in [0.05, 0.1) is 0 Å². The monoisotopic (exact) mass is 1060 g/mol. The van der Waals surface area contributed by atoms with Crippen molar-refractivity contribution in [1.29, 1.82) is 0 Å². The highest BCUT2D eigenvalue weighted by Crippen LogP contribution is 2.18. The van der Waals surface area contributed by atoms with Crippen molar-refractivity contribution >= 4 is 17.9 Å². The lowest BCUT2D eigenvalue weighted by Crippen LogP contribution is -2.30. The maximum atomic E-state index is 12.9. The molecule has 0 aromatic rings. The fourth-order valence-electron chi connectivity index (χ4n) is 9.57. The molecular formula is C70H124O6. The highest BCUT2D eigenvalue weighted by molar-refractivity contribution is 5.71. The molecule has 0 amide bonds. The first kappa shape index (κ1) is 72.8. The third kappa shape index (κ3) is 61.7. The Morgan fingerprint density at radius 1 is 0.276 bits per heavy atom. The van der Waals surface area contributed by atoms with Crippen LogP contribution in [0.4, 0.5) is 0 Å². The minimum Gasteiger partial charge on any atom is -0.462 e. The molecule has 0 aliphatic heterocycles. The van der Waals surface area contributed by atoms with Crippen LogP contribution < -0.4 is 0 Å². The molecule has 440 valence electrons. The second-order valence-electron chi connectivity index (χ2n) is 22.0. The molecule has 0 fully saturated rings. The van der Waals surface area contributed by atoms with Gasteiger partial charge in [-0.15, -0.1) is 0 Å². The predicted octanol–water partition coefficient (Wildman–Crippen LogP) is 22.5. The summed E-state index contributed by atoms with van der Waals surface area (Å²) in [5.41, 5.74) is 0. The number of hydrogen-bond donors (Lipinski definition) is 0. The number of rotatable bonds is 60. The minimum absolute atomic E-state index is 0.0820. The first-order chi connectivity index (χ1) is 37.5. The van der Waals surface area contributed by atoms with E-state index in [1.54, 1.807) is 0 Å². The topological polar surface area (TPSA) is 78.9 Å². The Hall–Kier alpha value is -3.15. The molecule has 1 atom stereocenters. The van der Waals surface area contributed by atoms with Gasteiger partial charge >= 0.3 is 17.9 Å². The van der Waals surface area contributed by atoms with Gasteiger partial charge in [-0.1, -0.05) is 318 Å². The largest absolute Gasteiger partial charge is 0.462 e. The molecule has 0 saturated carbocycles. The molecule has 0 bridgehead atoms. The molecule has 0 aliphatic rings. The second-order valence-corrected chi connectivity index (χ2v) is 22.0. The lowest BCUT2D eigenvalue weighted by molar-refractivity contribution is -0.167. The summed E-state index contributed by atoms with van der Waals surface area (Å²) < 4.78 is 16.9. The van der Waals surface area contributed by atoms with E-state index < -0.39 is 6.10 Å². The number of ether oxygens (including phenoxy) is 3. The van der Waals surface area contributed by atoms with Gasteiger partial charge in [0.2, 0.25) is 0 Å². The number of carbonyl (C=O) groups excluding carboxylic acids is 3. The minimum atomic E-state index is -0.787. The van der Waals surface area contributed by atoms with E-state index in [1.165, 1.54) is 186 Å². The van der Waals surface area contributed by atoms with E-state index in [-0.39, 0.29) is 31.1 Å². The van der Waals surface area contributed by atoms with Crippen LogP contribution in [0.3, 0.4) is 0 Å². The van der Waals surface area contributed by atoms with Gasteiger partial charge in [-0.2, -0.15) is 0 Å². The molecule has 76 heavy (non-hydrogen) atoms. The lowest BCUT2D eigenvalue weighted by atomic mass is 10.0. The van der Waals surface area contributed by atoms with E-state index in [2.05, 4.69) is 93.7 Å². The Morgan fingerprint density at radius 2 is 0.513 bits per heavy atom. The summed E-state index contributed by atoms with van der Waals surface area (Å²) in [5, 5.41) is 0. The van der Waals surface area contributed by atoms with Crippen molar-refractivity contribution in [2.45, 2.75) is 341 Å². The molecule has 0 saturated heterocycles. The molecule has 0 aromatic carbocycles. The quantitative estimate of drug-likeness (QED) is 0.0261. The van der Waals surface area contributed by atoms with Crippen molar-refractivity contribution < 1.29 is 28.6 Å². The maximum absolute atomic E-state index is 12.9. The smallest absolute Gasteiger partial charge is 0.306 e. The molecule has 6 heteroatoms. The van der Waals surface area contributed by atoms with Gasteiger partial charge in [-0.05, 0) is 70.6 Å². The molecule has 0 radical (unpaired) electrons. The van der Waals surface area contributed by atoms with E-state index >= 15 is 0 Å². The van der Waals surface area contributed by atoms with Gasteiger partial charge in [0.25, 0.3) is 0 Å². The number of hydrogen-bond acceptors (Lipinski definition) is 6. The summed E-state index contributed by atoms with van der Waals surface area (Å²) in [6, 6.07) is 0. The number of allylic oxidation sites excluding steroid dienone is 12. The zero-order valence-corrected chi connectivity index (χ0v) is 50.5. The van der Waals surface area contributed by atoms with E-state index in [4.69, 9.17) is 14.2 Å². The van der Waals surface area contributed by atoms with Crippen molar-refractivity contribution in [3.8, 4) is 0 Å². The fraction of sp³-hybridized carbons (Fsp3) is 0.786. The Morgan fingerprint density at radius 3 is 0.803 bits per heavy atom. The first-order valence-electron chi connectivity index (χ1n) is 32.9. The Bertz CT molecular complexity index is 1400. The second kappa shape index (κ2) is 64.4. The Kier molecular flexibility index (Phi) is 61.7. The van der Waals surface area contributed by atoms with Crippen LogP contribution in [0.5, 0.6) is 0 Å². The Labute approximate surface area is 472 Å². The first-order valence-corrected chi connectivity index (χ1v) is 32.9. The van der Waals surface area contributed by atoms with Crippen LogP contribution in [0, 0.1) is 0 Å². The standard InChI is InChI=1S/C70H124O6/c1-4-7-10-13-16-19-21-23-25-27-29-31-33-34-35-37-38-40-42-44-46-48-51-54-57-60-63-69(72)75-66-67(65-74-68(71)62-59-56-53-50-18-15-12-9-6-3)76-70(73)64-61-58-55-52-49-47-45-43-41-39-36-32-30-28-26-24-22-20-17-14-11-8-5-2/h8,11,17,20,24,26,30,32,39,41,45,47,67H,4-7,9-10,12-16,18-19,21-23,25,27-29,31,33-38,40,42-44,46,48-66H2,1-3H3/b11-8-,20-17-,26-24-,32-30-,41-39-,47-45-. The summed E-state index contributed by atoms with van der Waals surface area (Å²) in [6.45, 7) is 6.53. The molecule has 0 rings (SSSR count). The van der Waals surface area contributed by atoms with Crippen LogP contribution in [0.2, 0.25) is 0 Å². The van der Waals surface area contributed by atoms with Gasteiger partial charge in [0.1, 0.15) is 13.2 Å². The number of esters is 3. The molecule has 0 aromatic heterocycles. The molecule has 0 spiro atoms. The molecule has 0 heterocycles. The van der Waals surface area contributed by atoms with E-state index in [0.717, 1.165) is 109 Å². The number of carbonyl (C=O) groups is 3. The van der Waals surface area contributed by atoms with Gasteiger partial charge in [0, 0.05) is 19.3 Å². The number of unbranched alkanes of at least 4 members (excludes halogenated alkanes) is 37. The van der Waals surface area contributed by atoms with Gasteiger partial charge < -0.3 is 14.2 Å². The van der Waals surface area contributed by atoms with E-state index in [9.17, 15) is 14.4 Å². The molecule has 0 aliphatic carbocycles. The Balaban J connectivity index is 4.21. The van der Waals surface area contributed by atoms with Crippen molar-refractivity contribution in [3.63, 3.8) is 0 Å². The summed E-state index contributed by atoms with van der Waals surface area (Å²) in [7, 11) is 0. The lowest BCUT2D eigenvalue weighted by Gasteiger charge is -2.18. The third-order valence-electron chi connectivity index (χ3n) is 14.5. The molecule has 0 N–H and O–H groups in total. The predicted molar refractivity (Wildman–Crippen MR) is 330 cm³/mol. The van der Waals surface area contributed by atoms with Crippen LogP contribution in [0.15, 0.2) is 72.9 Å². The van der Waals surface area contributed by atoms with Crippen molar-refractivity contribution in [2.24, 2.45) is 0 Å². The maximum Gasteiger partial charge on any atom is 0.306 e. The van der Waals surface area contributed by atoms with Crippen LogP contribution in [0.1, 0.15) is 335 Å². The summed E-state index contributed by atoms with van der Waals surface area (Å²) in [5.74, 6) is -0.894. The van der Waals surface area contributed by atoms with Gasteiger partial charge in [-0.25, -0.2) is 0 Å². The highest BCUT2D eigenvalue weighted by atomic mass is 16.6. The summed E-state index contributed by atoms with van der Waals surface area (Å²) >= 11 is 0. The van der Waals surface area contributed by atoms with Crippen LogP contribution in [0.25, 0.3) is 0 Å². The zero-order valence-electron chi connectivity index (χ0n) is 50.5. The van der Waals surface area contributed by atoms with Crippen molar-refractivity contribution in [3.05, 3.63) is 72.9 Å². The molecule has 6 nitrogen and oxygen atoms in total. The van der Waals surface area contributed by atoms with Gasteiger partial charge in [-0.3, -0.25) is 14.4 Å². The fourth-order valence-corrected chi connectivity index (χ4v) is 9.57. The van der Waals surface area contributed by atoms with Crippen LogP contribution in [-0.4, -0.2) is 37.2 Å². The van der Waals surface area contributed by atoms with E-state index in [0.29, 0.717) is 19.3 Å². The summed E-state index contributed by atoms with van der Waals surface area (Å²) in [6.07, 6.45) is 83.6. The average molecular weight is 1060 g/mol. The summed E-state index contributed by atoms with van der Waals surface area (Å²) in [4.78, 5) is 38.2. The molecular weight excluding hydrogens is 937 g/mol. The van der Waals surface area contributed by atoms with Crippen LogP contribution >= 0.6 is 0 Å².